The van der Waals surface area contributed by atoms with Crippen LogP contribution in [0.4, 0.5) is 0 Å². The monoisotopic (exact) mass is 293 g/mol. The zero-order valence-corrected chi connectivity index (χ0v) is 12.6. The van der Waals surface area contributed by atoms with Crippen molar-refractivity contribution in [2.45, 2.75) is 69.1 Å². The lowest BCUT2D eigenvalue weighted by molar-refractivity contribution is 0.332. The van der Waals surface area contributed by atoms with Gasteiger partial charge >= 0.3 is 0 Å². The molecule has 1 saturated carbocycles. The van der Waals surface area contributed by atoms with E-state index in [0.29, 0.717) is 12.4 Å². The van der Waals surface area contributed by atoms with Crippen molar-refractivity contribution >= 4 is 21.6 Å². The van der Waals surface area contributed by atoms with Crippen LogP contribution in [0.25, 0.3) is 0 Å². The van der Waals surface area contributed by atoms with Gasteiger partial charge in [-0.3, -0.25) is 0 Å². The number of nitrogens with zero attached hydrogens (tertiary/aromatic N) is 1. The Kier molecular flexibility index (Phi) is 5.34. The standard InChI is InChI=1S/C13H24ClNO2S/c14-11-12-7-3-2-6-10-15(12)18(16,17)13-8-4-1-5-9-13/h12-13H,1-11H2. The molecule has 1 aliphatic heterocycles. The topological polar surface area (TPSA) is 37.4 Å². The molecule has 0 amide bonds. The van der Waals surface area contributed by atoms with Crippen LogP contribution in [-0.2, 0) is 10.0 Å². The van der Waals surface area contributed by atoms with E-state index in [2.05, 4.69) is 0 Å². The van der Waals surface area contributed by atoms with E-state index in [-0.39, 0.29) is 11.3 Å². The lowest BCUT2D eigenvalue weighted by Crippen LogP contribution is -2.46. The SMILES string of the molecule is O=S(=O)(C1CCCCC1)N1CCCCCC1CCl. The summed E-state index contributed by atoms with van der Waals surface area (Å²) in [6, 6.07) is 0.0288. The van der Waals surface area contributed by atoms with E-state index in [0.717, 1.165) is 51.4 Å². The van der Waals surface area contributed by atoms with E-state index in [1.54, 1.807) is 4.31 Å². The van der Waals surface area contributed by atoms with Crippen LogP contribution in [0.3, 0.4) is 0 Å². The second-order valence-electron chi connectivity index (χ2n) is 5.57. The summed E-state index contributed by atoms with van der Waals surface area (Å²) >= 11 is 5.99. The first-order valence-corrected chi connectivity index (χ1v) is 9.26. The van der Waals surface area contributed by atoms with Gasteiger partial charge < -0.3 is 0 Å². The zero-order valence-electron chi connectivity index (χ0n) is 11.0. The maximum Gasteiger partial charge on any atom is 0.217 e. The summed E-state index contributed by atoms with van der Waals surface area (Å²) in [4.78, 5) is 0. The van der Waals surface area contributed by atoms with Crippen molar-refractivity contribution in [3.8, 4) is 0 Å². The van der Waals surface area contributed by atoms with Gasteiger partial charge in [0.15, 0.2) is 0 Å². The predicted octanol–water partition coefficient (Wildman–Crippen LogP) is 3.13. The minimum absolute atomic E-state index is 0.0288. The van der Waals surface area contributed by atoms with Gasteiger partial charge in [-0.25, -0.2) is 8.42 Å². The number of sulfonamides is 1. The minimum Gasteiger partial charge on any atom is -0.212 e. The van der Waals surface area contributed by atoms with E-state index < -0.39 is 10.0 Å². The molecule has 0 N–H and O–H groups in total. The maximum absolute atomic E-state index is 12.7. The van der Waals surface area contributed by atoms with Gasteiger partial charge in [0, 0.05) is 18.5 Å². The van der Waals surface area contributed by atoms with Gasteiger partial charge in [-0.1, -0.05) is 32.1 Å². The Labute approximate surface area is 116 Å². The molecular weight excluding hydrogens is 270 g/mol. The van der Waals surface area contributed by atoms with Crippen molar-refractivity contribution in [2.24, 2.45) is 0 Å². The van der Waals surface area contributed by atoms with E-state index >= 15 is 0 Å². The van der Waals surface area contributed by atoms with Gasteiger partial charge in [0.05, 0.1) is 5.25 Å². The fraction of sp³-hybridized carbons (Fsp3) is 1.00. The third kappa shape index (κ3) is 3.20. The van der Waals surface area contributed by atoms with Gasteiger partial charge in [0.25, 0.3) is 0 Å². The Morgan fingerprint density at radius 2 is 1.56 bits per heavy atom. The van der Waals surface area contributed by atoms with Crippen LogP contribution in [0.5, 0.6) is 0 Å². The predicted molar refractivity (Wildman–Crippen MR) is 75.5 cm³/mol. The average Bonchev–Trinajstić information content (AvgIpc) is 2.65. The molecule has 1 unspecified atom stereocenters. The Hall–Kier alpha value is 0.200. The number of alkyl halides is 1. The van der Waals surface area contributed by atoms with E-state index in [4.69, 9.17) is 11.6 Å². The first-order valence-electron chi connectivity index (χ1n) is 7.23. The molecule has 0 bridgehead atoms. The fourth-order valence-electron chi connectivity index (χ4n) is 3.19. The zero-order chi connectivity index (χ0) is 13.0. The summed E-state index contributed by atoms with van der Waals surface area (Å²) in [5.41, 5.74) is 0. The van der Waals surface area contributed by atoms with Crippen molar-refractivity contribution in [2.75, 3.05) is 12.4 Å². The van der Waals surface area contributed by atoms with E-state index in [9.17, 15) is 8.42 Å². The number of rotatable bonds is 3. The molecule has 1 heterocycles. The Balaban J connectivity index is 2.14. The van der Waals surface area contributed by atoms with Gasteiger partial charge in [0.1, 0.15) is 0 Å². The van der Waals surface area contributed by atoms with Crippen LogP contribution >= 0.6 is 11.6 Å². The lowest BCUT2D eigenvalue weighted by Gasteiger charge is -2.33. The molecule has 2 aliphatic rings. The molecule has 2 rings (SSSR count). The van der Waals surface area contributed by atoms with Crippen LogP contribution < -0.4 is 0 Å². The minimum atomic E-state index is -3.12. The summed E-state index contributed by atoms with van der Waals surface area (Å²) in [7, 11) is -3.12. The summed E-state index contributed by atoms with van der Waals surface area (Å²) < 4.78 is 27.2. The molecule has 1 atom stereocenters. The van der Waals surface area contributed by atoms with Gasteiger partial charge in [-0.05, 0) is 25.7 Å². The second kappa shape index (κ2) is 6.58. The third-order valence-corrected chi connectivity index (χ3v) is 7.11. The smallest absolute Gasteiger partial charge is 0.212 e. The van der Waals surface area contributed by atoms with Crippen LogP contribution in [-0.4, -0.2) is 36.4 Å². The molecule has 0 spiro atoms. The Bertz CT molecular complexity index is 352. The highest BCUT2D eigenvalue weighted by molar-refractivity contribution is 7.89. The highest BCUT2D eigenvalue weighted by atomic mass is 35.5. The van der Waals surface area contributed by atoms with Crippen LogP contribution in [0.15, 0.2) is 0 Å². The number of hydrogen-bond acceptors (Lipinski definition) is 2. The first-order chi connectivity index (χ1) is 8.66. The molecule has 0 aromatic heterocycles. The molecule has 3 nitrogen and oxygen atoms in total. The molecule has 2 fully saturated rings. The van der Waals surface area contributed by atoms with Crippen LogP contribution in [0.1, 0.15) is 57.8 Å². The highest BCUT2D eigenvalue weighted by Gasteiger charge is 2.37. The third-order valence-electron chi connectivity index (χ3n) is 4.30. The van der Waals surface area contributed by atoms with Crippen molar-refractivity contribution in [3.63, 3.8) is 0 Å². The van der Waals surface area contributed by atoms with Gasteiger partial charge in [0.2, 0.25) is 10.0 Å². The second-order valence-corrected chi connectivity index (χ2v) is 8.05. The largest absolute Gasteiger partial charge is 0.217 e. The molecule has 0 aromatic carbocycles. The molecule has 0 aromatic rings. The molecule has 1 saturated heterocycles. The molecule has 0 radical (unpaired) electrons. The molecule has 18 heavy (non-hydrogen) atoms. The molecular formula is C13H24ClNO2S. The lowest BCUT2D eigenvalue weighted by atomic mass is 10.0. The summed E-state index contributed by atoms with van der Waals surface area (Å²) in [5.74, 6) is 0.436. The molecule has 1 aliphatic carbocycles. The Morgan fingerprint density at radius 3 is 2.22 bits per heavy atom. The van der Waals surface area contributed by atoms with Gasteiger partial charge in [-0.2, -0.15) is 4.31 Å². The first kappa shape index (κ1) is 14.6. The van der Waals surface area contributed by atoms with Crippen molar-refractivity contribution in [1.29, 1.82) is 0 Å². The van der Waals surface area contributed by atoms with Crippen molar-refractivity contribution < 1.29 is 8.42 Å². The van der Waals surface area contributed by atoms with Crippen LogP contribution in [0.2, 0.25) is 0 Å². The maximum atomic E-state index is 12.7. The highest BCUT2D eigenvalue weighted by Crippen LogP contribution is 2.30. The number of hydrogen-bond donors (Lipinski definition) is 0. The summed E-state index contributed by atoms with van der Waals surface area (Å²) in [5, 5.41) is -0.143. The van der Waals surface area contributed by atoms with E-state index in [1.165, 1.54) is 6.42 Å². The van der Waals surface area contributed by atoms with Gasteiger partial charge in [-0.15, -0.1) is 11.6 Å². The average molecular weight is 294 g/mol. The molecule has 106 valence electrons. The normalized spacial score (nSPS) is 29.1. The Morgan fingerprint density at radius 1 is 0.944 bits per heavy atom. The van der Waals surface area contributed by atoms with Crippen molar-refractivity contribution in [3.05, 3.63) is 0 Å². The van der Waals surface area contributed by atoms with Crippen molar-refractivity contribution in [1.82, 2.24) is 4.31 Å². The summed E-state index contributed by atoms with van der Waals surface area (Å²) in [6.45, 7) is 0.677. The quantitative estimate of drug-likeness (QED) is 0.750. The fourth-order valence-corrected chi connectivity index (χ4v) is 5.89. The van der Waals surface area contributed by atoms with E-state index in [1.807, 2.05) is 0 Å². The van der Waals surface area contributed by atoms with Crippen LogP contribution in [0, 0.1) is 0 Å². The number of halogens is 1. The summed E-state index contributed by atoms with van der Waals surface area (Å²) in [6.07, 6.45) is 9.13. The molecule has 5 heteroatoms.